The van der Waals surface area contributed by atoms with Gasteiger partial charge in [-0.2, -0.15) is 0 Å². The van der Waals surface area contributed by atoms with Crippen LogP contribution in [0.4, 0.5) is 0 Å². The molecule has 2 heterocycles. The SMILES string of the molecule is OC1CCCN(C2CCCNC2)C1. The Morgan fingerprint density at radius 2 is 2.15 bits per heavy atom. The average Bonchev–Trinajstić information content (AvgIpc) is 2.19. The molecule has 2 fully saturated rings. The van der Waals surface area contributed by atoms with Crippen molar-refractivity contribution in [2.45, 2.75) is 37.8 Å². The molecule has 2 aliphatic rings. The van der Waals surface area contributed by atoms with Crippen molar-refractivity contribution in [3.8, 4) is 0 Å². The van der Waals surface area contributed by atoms with Crippen molar-refractivity contribution in [3.63, 3.8) is 0 Å². The van der Waals surface area contributed by atoms with Crippen molar-refractivity contribution in [2.24, 2.45) is 0 Å². The number of hydrogen-bond donors (Lipinski definition) is 2. The minimum atomic E-state index is -0.0734. The topological polar surface area (TPSA) is 35.5 Å². The van der Waals surface area contributed by atoms with Crippen LogP contribution in [-0.2, 0) is 0 Å². The van der Waals surface area contributed by atoms with Crippen molar-refractivity contribution in [1.29, 1.82) is 0 Å². The number of aliphatic hydroxyl groups is 1. The maximum absolute atomic E-state index is 9.55. The minimum absolute atomic E-state index is 0.0734. The summed E-state index contributed by atoms with van der Waals surface area (Å²) in [4.78, 5) is 2.46. The summed E-state index contributed by atoms with van der Waals surface area (Å²) in [6, 6.07) is 0.684. The zero-order valence-electron chi connectivity index (χ0n) is 8.21. The van der Waals surface area contributed by atoms with E-state index < -0.39 is 0 Å². The smallest absolute Gasteiger partial charge is 0.0667 e. The van der Waals surface area contributed by atoms with Gasteiger partial charge in [0.05, 0.1) is 6.10 Å². The second-order valence-corrected chi connectivity index (χ2v) is 4.29. The monoisotopic (exact) mass is 184 g/mol. The molecule has 0 spiro atoms. The first kappa shape index (κ1) is 9.44. The first-order valence-corrected chi connectivity index (χ1v) is 5.49. The standard InChI is InChI=1S/C10H20N2O/c13-10-4-2-6-12(8-10)9-3-1-5-11-7-9/h9-11,13H,1-8H2. The maximum Gasteiger partial charge on any atom is 0.0667 e. The Morgan fingerprint density at radius 3 is 2.85 bits per heavy atom. The Labute approximate surface area is 80.1 Å². The predicted octanol–water partition coefficient (Wildman–Crippen LogP) is 0.195. The lowest BCUT2D eigenvalue weighted by Gasteiger charge is -2.38. The first-order chi connectivity index (χ1) is 6.36. The summed E-state index contributed by atoms with van der Waals surface area (Å²) in [6.07, 6.45) is 4.68. The Morgan fingerprint density at radius 1 is 1.23 bits per heavy atom. The molecule has 2 aliphatic heterocycles. The summed E-state index contributed by atoms with van der Waals surface area (Å²) in [6.45, 7) is 4.37. The van der Waals surface area contributed by atoms with E-state index in [1.165, 1.54) is 25.9 Å². The Balaban J connectivity index is 1.83. The average molecular weight is 184 g/mol. The van der Waals surface area contributed by atoms with Crippen LogP contribution >= 0.6 is 0 Å². The van der Waals surface area contributed by atoms with E-state index in [4.69, 9.17) is 0 Å². The fourth-order valence-corrected chi connectivity index (χ4v) is 2.46. The Kier molecular flexibility index (Phi) is 3.19. The van der Waals surface area contributed by atoms with E-state index in [-0.39, 0.29) is 6.10 Å². The van der Waals surface area contributed by atoms with Crippen LogP contribution in [0.3, 0.4) is 0 Å². The van der Waals surface area contributed by atoms with Gasteiger partial charge in [0.15, 0.2) is 0 Å². The molecule has 0 radical (unpaired) electrons. The van der Waals surface area contributed by atoms with Crippen LogP contribution in [0.1, 0.15) is 25.7 Å². The molecule has 13 heavy (non-hydrogen) atoms. The van der Waals surface area contributed by atoms with Gasteiger partial charge in [0.25, 0.3) is 0 Å². The van der Waals surface area contributed by atoms with Crippen LogP contribution in [0.2, 0.25) is 0 Å². The largest absolute Gasteiger partial charge is 0.392 e. The minimum Gasteiger partial charge on any atom is -0.392 e. The molecule has 76 valence electrons. The summed E-state index contributed by atoms with van der Waals surface area (Å²) in [5, 5.41) is 13.0. The van der Waals surface area contributed by atoms with Crippen LogP contribution in [0.15, 0.2) is 0 Å². The van der Waals surface area contributed by atoms with Crippen molar-refractivity contribution >= 4 is 0 Å². The number of piperidine rings is 2. The van der Waals surface area contributed by atoms with Gasteiger partial charge in [-0.3, -0.25) is 4.90 Å². The van der Waals surface area contributed by atoms with E-state index in [0.717, 1.165) is 25.9 Å². The molecule has 0 saturated carbocycles. The highest BCUT2D eigenvalue weighted by Gasteiger charge is 2.25. The molecule has 3 heteroatoms. The van der Waals surface area contributed by atoms with Gasteiger partial charge in [-0.15, -0.1) is 0 Å². The quantitative estimate of drug-likeness (QED) is 0.611. The van der Waals surface area contributed by atoms with E-state index in [1.54, 1.807) is 0 Å². The zero-order valence-corrected chi connectivity index (χ0v) is 8.21. The maximum atomic E-state index is 9.55. The molecule has 2 atom stereocenters. The van der Waals surface area contributed by atoms with Crippen molar-refractivity contribution in [3.05, 3.63) is 0 Å². The van der Waals surface area contributed by atoms with Gasteiger partial charge >= 0.3 is 0 Å². The predicted molar refractivity (Wildman–Crippen MR) is 52.7 cm³/mol. The number of nitrogens with one attached hydrogen (secondary N) is 1. The summed E-state index contributed by atoms with van der Waals surface area (Å²) >= 11 is 0. The van der Waals surface area contributed by atoms with Crippen LogP contribution in [0.25, 0.3) is 0 Å². The van der Waals surface area contributed by atoms with Crippen LogP contribution in [-0.4, -0.2) is 48.3 Å². The van der Waals surface area contributed by atoms with Gasteiger partial charge in [0.2, 0.25) is 0 Å². The van der Waals surface area contributed by atoms with Gasteiger partial charge in [-0.1, -0.05) is 0 Å². The van der Waals surface area contributed by atoms with E-state index in [1.807, 2.05) is 0 Å². The highest BCUT2D eigenvalue weighted by Crippen LogP contribution is 2.16. The van der Waals surface area contributed by atoms with E-state index in [0.29, 0.717) is 6.04 Å². The van der Waals surface area contributed by atoms with Crippen LogP contribution in [0.5, 0.6) is 0 Å². The Hall–Kier alpha value is -0.120. The fourth-order valence-electron chi connectivity index (χ4n) is 2.46. The van der Waals surface area contributed by atoms with Crippen LogP contribution in [0, 0.1) is 0 Å². The Bertz CT molecular complexity index is 157. The molecule has 3 nitrogen and oxygen atoms in total. The second kappa shape index (κ2) is 4.40. The molecule has 0 aliphatic carbocycles. The number of hydrogen-bond acceptors (Lipinski definition) is 3. The van der Waals surface area contributed by atoms with Gasteiger partial charge in [0, 0.05) is 19.1 Å². The molecule has 0 aromatic rings. The lowest BCUT2D eigenvalue weighted by atomic mass is 10.0. The van der Waals surface area contributed by atoms with Crippen LogP contribution < -0.4 is 5.32 Å². The van der Waals surface area contributed by atoms with E-state index in [9.17, 15) is 5.11 Å². The normalized spacial score (nSPS) is 37.6. The third-order valence-electron chi connectivity index (χ3n) is 3.22. The van der Waals surface area contributed by atoms with Gasteiger partial charge in [0.1, 0.15) is 0 Å². The third-order valence-corrected chi connectivity index (χ3v) is 3.22. The highest BCUT2D eigenvalue weighted by atomic mass is 16.3. The molecule has 0 bridgehead atoms. The summed E-state index contributed by atoms with van der Waals surface area (Å²) in [7, 11) is 0. The molecule has 2 unspecified atom stereocenters. The molecule has 0 aromatic heterocycles. The lowest BCUT2D eigenvalue weighted by molar-refractivity contribution is 0.0398. The first-order valence-electron chi connectivity index (χ1n) is 5.49. The number of rotatable bonds is 1. The van der Waals surface area contributed by atoms with E-state index in [2.05, 4.69) is 10.2 Å². The summed E-state index contributed by atoms with van der Waals surface area (Å²) < 4.78 is 0. The van der Waals surface area contributed by atoms with E-state index >= 15 is 0 Å². The number of β-amino-alcohol motifs (C(OH)–C–C–N with tert-alkyl or cyclic N) is 1. The molecule has 0 aromatic carbocycles. The molecule has 2 saturated heterocycles. The number of likely N-dealkylation sites (tertiary alicyclic amines) is 1. The number of nitrogens with zero attached hydrogens (tertiary/aromatic N) is 1. The molecule has 2 N–H and O–H groups in total. The fraction of sp³-hybridized carbons (Fsp3) is 1.00. The van der Waals surface area contributed by atoms with Gasteiger partial charge < -0.3 is 10.4 Å². The zero-order chi connectivity index (χ0) is 9.10. The van der Waals surface area contributed by atoms with Crippen molar-refractivity contribution in [2.75, 3.05) is 26.2 Å². The molecular weight excluding hydrogens is 164 g/mol. The third kappa shape index (κ3) is 2.42. The second-order valence-electron chi connectivity index (χ2n) is 4.29. The number of aliphatic hydroxyl groups excluding tert-OH is 1. The van der Waals surface area contributed by atoms with Crippen molar-refractivity contribution in [1.82, 2.24) is 10.2 Å². The summed E-state index contributed by atoms with van der Waals surface area (Å²) in [5.74, 6) is 0. The van der Waals surface area contributed by atoms with Gasteiger partial charge in [-0.25, -0.2) is 0 Å². The van der Waals surface area contributed by atoms with Gasteiger partial charge in [-0.05, 0) is 38.8 Å². The molecule has 0 amide bonds. The summed E-state index contributed by atoms with van der Waals surface area (Å²) in [5.41, 5.74) is 0. The molecular formula is C10H20N2O. The molecule has 2 rings (SSSR count). The highest BCUT2D eigenvalue weighted by molar-refractivity contribution is 4.82. The van der Waals surface area contributed by atoms with Crippen molar-refractivity contribution < 1.29 is 5.11 Å². The lowest BCUT2D eigenvalue weighted by Crippen LogP contribution is -2.50.